The van der Waals surface area contributed by atoms with Crippen LogP contribution in [0.1, 0.15) is 19.8 Å². The Morgan fingerprint density at radius 2 is 2.33 bits per heavy atom. The average Bonchev–Trinajstić information content (AvgIpc) is 3.35. The Balaban J connectivity index is 1.43. The topological polar surface area (TPSA) is 94.8 Å². The van der Waals surface area contributed by atoms with Crippen molar-refractivity contribution in [2.45, 2.75) is 42.8 Å². The maximum atomic E-state index is 12.7. The maximum absolute atomic E-state index is 12.7. The molecular weight excluding hydrogens is 364 g/mol. The van der Waals surface area contributed by atoms with E-state index in [0.29, 0.717) is 11.7 Å². The molecule has 1 aliphatic heterocycles. The average molecular weight is 384 g/mol. The Labute approximate surface area is 160 Å². The molecule has 1 aliphatic rings. The minimum absolute atomic E-state index is 0.108. The van der Waals surface area contributed by atoms with Crippen molar-refractivity contribution in [2.24, 2.45) is 0 Å². The number of nitrogens with zero attached hydrogens (tertiary/aromatic N) is 5. The first kappa shape index (κ1) is 17.9. The highest BCUT2D eigenvalue weighted by Crippen LogP contribution is 2.25. The van der Waals surface area contributed by atoms with Gasteiger partial charge in [-0.1, -0.05) is 17.8 Å². The lowest BCUT2D eigenvalue weighted by Gasteiger charge is -2.14. The zero-order valence-corrected chi connectivity index (χ0v) is 15.7. The highest BCUT2D eigenvalue weighted by molar-refractivity contribution is 8.00. The SMILES string of the molecule is CC(Sc1nnnn1CC1CCCO1)C(=O)Nc1cccc2ncccc12. The van der Waals surface area contributed by atoms with E-state index < -0.39 is 0 Å². The van der Waals surface area contributed by atoms with Crippen molar-refractivity contribution in [3.05, 3.63) is 36.5 Å². The number of amides is 1. The summed E-state index contributed by atoms with van der Waals surface area (Å²) in [7, 11) is 0. The third-order valence-corrected chi connectivity index (χ3v) is 5.53. The van der Waals surface area contributed by atoms with Crippen LogP contribution >= 0.6 is 11.8 Å². The number of hydrogen-bond acceptors (Lipinski definition) is 7. The predicted octanol–water partition coefficient (Wildman–Crippen LogP) is 2.52. The van der Waals surface area contributed by atoms with Crippen LogP contribution in [0, 0.1) is 0 Å². The summed E-state index contributed by atoms with van der Waals surface area (Å²) in [6.45, 7) is 3.24. The lowest BCUT2D eigenvalue weighted by atomic mass is 10.2. The monoisotopic (exact) mass is 384 g/mol. The van der Waals surface area contributed by atoms with Crippen LogP contribution in [0.2, 0.25) is 0 Å². The second-order valence-corrected chi connectivity index (χ2v) is 7.71. The number of tetrazole rings is 1. The van der Waals surface area contributed by atoms with Crippen molar-refractivity contribution >= 4 is 34.3 Å². The predicted molar refractivity (Wildman–Crippen MR) is 102 cm³/mol. The fourth-order valence-electron chi connectivity index (χ4n) is 3.03. The van der Waals surface area contributed by atoms with E-state index in [0.717, 1.165) is 36.0 Å². The number of pyridine rings is 1. The Kier molecular flexibility index (Phi) is 5.30. The van der Waals surface area contributed by atoms with E-state index in [9.17, 15) is 4.79 Å². The molecule has 2 aromatic heterocycles. The van der Waals surface area contributed by atoms with Gasteiger partial charge >= 0.3 is 0 Å². The number of carbonyl (C=O) groups excluding carboxylic acids is 1. The van der Waals surface area contributed by atoms with E-state index in [-0.39, 0.29) is 17.3 Å². The van der Waals surface area contributed by atoms with Gasteiger partial charge in [-0.2, -0.15) is 0 Å². The summed E-state index contributed by atoms with van der Waals surface area (Å²) in [4.78, 5) is 17.0. The normalized spacial score (nSPS) is 17.9. The third kappa shape index (κ3) is 4.09. The molecule has 1 aromatic carbocycles. The van der Waals surface area contributed by atoms with Crippen LogP contribution in [0.3, 0.4) is 0 Å². The molecule has 1 fully saturated rings. The smallest absolute Gasteiger partial charge is 0.237 e. The summed E-state index contributed by atoms with van der Waals surface area (Å²) in [5.74, 6) is -0.108. The van der Waals surface area contributed by atoms with Crippen LogP contribution in [-0.4, -0.2) is 49.1 Å². The van der Waals surface area contributed by atoms with Gasteiger partial charge < -0.3 is 10.1 Å². The number of hydrogen-bond donors (Lipinski definition) is 1. The van der Waals surface area contributed by atoms with Gasteiger partial charge in [0.1, 0.15) is 0 Å². The van der Waals surface area contributed by atoms with E-state index in [1.807, 2.05) is 37.3 Å². The summed E-state index contributed by atoms with van der Waals surface area (Å²) in [5.41, 5.74) is 1.59. The van der Waals surface area contributed by atoms with Gasteiger partial charge in [-0.3, -0.25) is 9.78 Å². The zero-order chi connectivity index (χ0) is 18.6. The van der Waals surface area contributed by atoms with Crippen molar-refractivity contribution in [2.75, 3.05) is 11.9 Å². The molecular formula is C18H20N6O2S. The van der Waals surface area contributed by atoms with Crippen LogP contribution < -0.4 is 5.32 Å². The van der Waals surface area contributed by atoms with Crippen molar-refractivity contribution in [1.82, 2.24) is 25.2 Å². The first-order chi connectivity index (χ1) is 13.2. The van der Waals surface area contributed by atoms with Crippen LogP contribution in [0.5, 0.6) is 0 Å². The molecule has 140 valence electrons. The molecule has 3 heterocycles. The summed E-state index contributed by atoms with van der Waals surface area (Å²) in [6.07, 6.45) is 3.95. The minimum Gasteiger partial charge on any atom is -0.376 e. The first-order valence-electron chi connectivity index (χ1n) is 8.90. The van der Waals surface area contributed by atoms with Gasteiger partial charge in [-0.05, 0) is 54.5 Å². The molecule has 0 aliphatic carbocycles. The van der Waals surface area contributed by atoms with Gasteiger partial charge in [0, 0.05) is 18.2 Å². The van der Waals surface area contributed by atoms with Gasteiger partial charge in [-0.15, -0.1) is 5.10 Å². The Hall–Kier alpha value is -2.52. The molecule has 1 amide bonds. The molecule has 0 radical (unpaired) electrons. The number of anilines is 1. The van der Waals surface area contributed by atoms with Crippen molar-refractivity contribution < 1.29 is 9.53 Å². The summed E-state index contributed by atoms with van der Waals surface area (Å²) >= 11 is 1.34. The Morgan fingerprint density at radius 3 is 3.19 bits per heavy atom. The van der Waals surface area contributed by atoms with E-state index in [1.54, 1.807) is 10.9 Å². The molecule has 0 spiro atoms. The van der Waals surface area contributed by atoms with Gasteiger partial charge in [0.2, 0.25) is 11.1 Å². The fraction of sp³-hybridized carbons (Fsp3) is 0.389. The standard InChI is InChI=1S/C18H20N6O2S/c1-12(27-18-21-22-23-24(18)11-13-5-4-10-26-13)17(25)20-16-8-2-7-15-14(16)6-3-9-19-15/h2-3,6-9,12-13H,4-5,10-11H2,1H3,(H,20,25). The summed E-state index contributed by atoms with van der Waals surface area (Å²) in [5, 5.41) is 16.0. The molecule has 4 rings (SSSR count). The Bertz CT molecular complexity index is 935. The molecule has 0 bridgehead atoms. The number of fused-ring (bicyclic) bond motifs is 1. The van der Waals surface area contributed by atoms with E-state index >= 15 is 0 Å². The van der Waals surface area contributed by atoms with Crippen LogP contribution in [0.4, 0.5) is 5.69 Å². The number of benzene rings is 1. The van der Waals surface area contributed by atoms with Gasteiger partial charge in [0.15, 0.2) is 0 Å². The first-order valence-corrected chi connectivity index (χ1v) is 9.78. The molecule has 0 saturated carbocycles. The maximum Gasteiger partial charge on any atom is 0.237 e. The lowest BCUT2D eigenvalue weighted by molar-refractivity contribution is -0.115. The molecule has 9 heteroatoms. The largest absolute Gasteiger partial charge is 0.376 e. The fourth-order valence-corrected chi connectivity index (χ4v) is 3.83. The second-order valence-electron chi connectivity index (χ2n) is 6.40. The zero-order valence-electron chi connectivity index (χ0n) is 14.9. The van der Waals surface area contributed by atoms with Crippen LogP contribution in [0.25, 0.3) is 10.9 Å². The highest BCUT2D eigenvalue weighted by Gasteiger charge is 2.22. The molecule has 27 heavy (non-hydrogen) atoms. The van der Waals surface area contributed by atoms with Crippen molar-refractivity contribution in [3.63, 3.8) is 0 Å². The van der Waals surface area contributed by atoms with Gasteiger partial charge in [0.25, 0.3) is 0 Å². The van der Waals surface area contributed by atoms with E-state index in [4.69, 9.17) is 4.74 Å². The molecule has 8 nitrogen and oxygen atoms in total. The molecule has 1 N–H and O–H groups in total. The molecule has 3 aromatic rings. The molecule has 1 saturated heterocycles. The Morgan fingerprint density at radius 1 is 1.41 bits per heavy atom. The van der Waals surface area contributed by atoms with Crippen LogP contribution in [0.15, 0.2) is 41.7 Å². The van der Waals surface area contributed by atoms with Crippen molar-refractivity contribution in [1.29, 1.82) is 0 Å². The summed E-state index contributed by atoms with van der Waals surface area (Å²) < 4.78 is 7.36. The van der Waals surface area contributed by atoms with Crippen molar-refractivity contribution in [3.8, 4) is 0 Å². The number of ether oxygens (including phenoxy) is 1. The molecule has 2 atom stereocenters. The van der Waals surface area contributed by atoms with Gasteiger partial charge in [0.05, 0.1) is 29.1 Å². The summed E-state index contributed by atoms with van der Waals surface area (Å²) in [6, 6.07) is 9.47. The number of rotatable bonds is 6. The highest BCUT2D eigenvalue weighted by atomic mass is 32.2. The molecule has 2 unspecified atom stereocenters. The quantitative estimate of drug-likeness (QED) is 0.653. The van der Waals surface area contributed by atoms with E-state index in [1.165, 1.54) is 11.8 Å². The lowest BCUT2D eigenvalue weighted by Crippen LogP contribution is -2.24. The number of nitrogens with one attached hydrogen (secondary N) is 1. The number of thioether (sulfide) groups is 1. The van der Waals surface area contributed by atoms with Crippen LogP contribution in [-0.2, 0) is 16.1 Å². The third-order valence-electron chi connectivity index (χ3n) is 4.45. The number of carbonyl (C=O) groups is 1. The van der Waals surface area contributed by atoms with Gasteiger partial charge in [-0.25, -0.2) is 4.68 Å². The van der Waals surface area contributed by atoms with E-state index in [2.05, 4.69) is 25.8 Å². The number of aromatic nitrogens is 5. The second kappa shape index (κ2) is 8.01. The minimum atomic E-state index is -0.355.